The molecular formula is C21H16N4O11S3. The van der Waals surface area contributed by atoms with E-state index in [1.54, 1.807) is 30.3 Å². The lowest BCUT2D eigenvalue weighted by Crippen LogP contribution is -2.09. The minimum atomic E-state index is -4.78. The SMILES string of the molecule is O=C(O)c1ccc(Nc2cnc(Nc3ccc4c(SOOO)cc(SOOO)cc4c3)cn2)cc1S(=O)(=O)O. The van der Waals surface area contributed by atoms with Gasteiger partial charge in [0.25, 0.3) is 10.1 Å². The average molecular weight is 597 g/mol. The van der Waals surface area contributed by atoms with Crippen LogP contribution in [0.2, 0.25) is 0 Å². The second-order valence-corrected chi connectivity index (χ2v) is 10.2. The molecule has 0 amide bonds. The molecule has 6 N–H and O–H groups in total. The van der Waals surface area contributed by atoms with E-state index >= 15 is 0 Å². The number of carboxylic acids is 1. The van der Waals surface area contributed by atoms with Gasteiger partial charge >= 0.3 is 5.97 Å². The number of fused-ring (bicyclic) bond motifs is 1. The molecule has 0 saturated carbocycles. The fraction of sp³-hybridized carbons (Fsp3) is 0. The number of rotatable bonds is 12. The second kappa shape index (κ2) is 12.5. The zero-order valence-corrected chi connectivity index (χ0v) is 21.5. The summed E-state index contributed by atoms with van der Waals surface area (Å²) in [4.78, 5) is 20.0. The van der Waals surface area contributed by atoms with E-state index in [9.17, 15) is 17.8 Å². The molecule has 1 aromatic heterocycles. The number of aromatic carboxylic acids is 1. The Morgan fingerprint density at radius 3 is 2.05 bits per heavy atom. The van der Waals surface area contributed by atoms with Crippen LogP contribution in [0.15, 0.2) is 75.6 Å². The summed E-state index contributed by atoms with van der Waals surface area (Å²) < 4.78 is 41.5. The summed E-state index contributed by atoms with van der Waals surface area (Å²) in [5, 5.41) is 40.7. The van der Waals surface area contributed by atoms with Crippen molar-refractivity contribution in [3.63, 3.8) is 0 Å². The fourth-order valence-corrected chi connectivity index (χ4v) is 5.14. The Bertz CT molecular complexity index is 1610. The Balaban J connectivity index is 1.53. The summed E-state index contributed by atoms with van der Waals surface area (Å²) in [6.07, 6.45) is 2.75. The van der Waals surface area contributed by atoms with Crippen LogP contribution in [0.5, 0.6) is 0 Å². The van der Waals surface area contributed by atoms with Crippen LogP contribution in [0.1, 0.15) is 10.4 Å². The molecule has 1 heterocycles. The summed E-state index contributed by atoms with van der Waals surface area (Å²) in [5.41, 5.74) is 0.200. The first-order chi connectivity index (χ1) is 18.7. The molecule has 0 fully saturated rings. The summed E-state index contributed by atoms with van der Waals surface area (Å²) in [7, 11) is -4.78. The van der Waals surface area contributed by atoms with Crippen molar-refractivity contribution in [2.75, 3.05) is 10.6 Å². The third-order valence-electron chi connectivity index (χ3n) is 4.89. The minimum Gasteiger partial charge on any atom is -0.478 e. The Morgan fingerprint density at radius 2 is 1.46 bits per heavy atom. The van der Waals surface area contributed by atoms with Crippen molar-refractivity contribution in [1.82, 2.24) is 9.97 Å². The first-order valence-electron chi connectivity index (χ1n) is 10.3. The highest BCUT2D eigenvalue weighted by molar-refractivity contribution is 7.95. The molecule has 0 aliphatic rings. The summed E-state index contributed by atoms with van der Waals surface area (Å²) in [6.45, 7) is 0. The maximum atomic E-state index is 11.6. The van der Waals surface area contributed by atoms with Gasteiger partial charge in [-0.2, -0.15) is 8.42 Å². The number of aromatic nitrogens is 2. The first kappa shape index (κ1) is 28.4. The van der Waals surface area contributed by atoms with Crippen LogP contribution in [-0.4, -0.2) is 44.5 Å². The molecule has 18 heteroatoms. The predicted molar refractivity (Wildman–Crippen MR) is 137 cm³/mol. The number of carboxylic acid groups (broad SMARTS) is 1. The molecule has 0 saturated heterocycles. The molecule has 0 aliphatic carbocycles. The summed E-state index contributed by atoms with van der Waals surface area (Å²) >= 11 is 1.47. The van der Waals surface area contributed by atoms with Crippen LogP contribution in [0.4, 0.5) is 23.0 Å². The van der Waals surface area contributed by atoms with Crippen LogP contribution < -0.4 is 10.6 Å². The van der Waals surface area contributed by atoms with E-state index in [-0.39, 0.29) is 11.5 Å². The van der Waals surface area contributed by atoms with Gasteiger partial charge in [-0.3, -0.25) is 4.55 Å². The van der Waals surface area contributed by atoms with Gasteiger partial charge < -0.3 is 15.7 Å². The highest BCUT2D eigenvalue weighted by atomic mass is 32.2. The largest absolute Gasteiger partial charge is 0.478 e. The maximum absolute atomic E-state index is 11.6. The zero-order valence-electron chi connectivity index (χ0n) is 19.0. The van der Waals surface area contributed by atoms with Gasteiger partial charge in [0.1, 0.15) is 16.5 Å². The lowest BCUT2D eigenvalue weighted by molar-refractivity contribution is -0.432. The number of nitrogens with one attached hydrogen (secondary N) is 2. The van der Waals surface area contributed by atoms with Gasteiger partial charge in [-0.05, 0) is 53.2 Å². The topological polar surface area (TPSA) is 219 Å². The van der Waals surface area contributed by atoms with Crippen molar-refractivity contribution in [2.45, 2.75) is 14.7 Å². The quantitative estimate of drug-likeness (QED) is 0.0553. The first-order valence-corrected chi connectivity index (χ1v) is 13.2. The maximum Gasteiger partial charge on any atom is 0.337 e. The van der Waals surface area contributed by atoms with Gasteiger partial charge in [0.15, 0.2) is 0 Å². The summed E-state index contributed by atoms with van der Waals surface area (Å²) in [5.74, 6) is -0.944. The van der Waals surface area contributed by atoms with Gasteiger partial charge in [0.05, 0.1) is 42.0 Å². The normalized spacial score (nSPS) is 11.5. The van der Waals surface area contributed by atoms with Crippen molar-refractivity contribution in [1.29, 1.82) is 0 Å². The lowest BCUT2D eigenvalue weighted by atomic mass is 10.1. The smallest absolute Gasteiger partial charge is 0.337 e. The molecule has 0 unspecified atom stereocenters. The molecule has 0 aliphatic heterocycles. The molecule has 0 bridgehead atoms. The summed E-state index contributed by atoms with van der Waals surface area (Å²) in [6, 6.07) is 12.0. The molecule has 204 valence electrons. The van der Waals surface area contributed by atoms with Crippen LogP contribution in [-0.2, 0) is 28.9 Å². The Kier molecular flexibility index (Phi) is 9.14. The lowest BCUT2D eigenvalue weighted by Gasteiger charge is -2.11. The van der Waals surface area contributed by atoms with E-state index in [2.05, 4.69) is 39.3 Å². The Morgan fingerprint density at radius 1 is 0.846 bits per heavy atom. The van der Waals surface area contributed by atoms with E-state index in [1.165, 1.54) is 18.5 Å². The predicted octanol–water partition coefficient (Wildman–Crippen LogP) is 4.92. The van der Waals surface area contributed by atoms with Crippen molar-refractivity contribution in [2.24, 2.45) is 0 Å². The number of nitrogens with zero attached hydrogens (tertiary/aromatic N) is 2. The van der Waals surface area contributed by atoms with E-state index in [0.29, 0.717) is 26.7 Å². The van der Waals surface area contributed by atoms with Crippen molar-refractivity contribution in [3.8, 4) is 0 Å². The minimum absolute atomic E-state index is 0.158. The molecule has 4 aromatic rings. The highest BCUT2D eigenvalue weighted by Gasteiger charge is 2.21. The molecule has 15 nitrogen and oxygen atoms in total. The van der Waals surface area contributed by atoms with Crippen molar-refractivity contribution >= 4 is 74.0 Å². The van der Waals surface area contributed by atoms with E-state index in [0.717, 1.165) is 41.6 Å². The number of hydrogen-bond donors (Lipinski definition) is 6. The molecule has 39 heavy (non-hydrogen) atoms. The van der Waals surface area contributed by atoms with Gasteiger partial charge in [0, 0.05) is 21.2 Å². The third kappa shape index (κ3) is 7.30. The average Bonchev–Trinajstić information content (AvgIpc) is 2.90. The number of carbonyl (C=O) groups is 1. The van der Waals surface area contributed by atoms with E-state index in [4.69, 9.17) is 15.6 Å². The number of benzene rings is 3. The Hall–Kier alpha value is -3.56. The Labute approximate surface area is 227 Å². The second-order valence-electron chi connectivity index (χ2n) is 7.34. The molecule has 4 rings (SSSR count). The molecule has 3 aromatic carbocycles. The van der Waals surface area contributed by atoms with Crippen molar-refractivity contribution in [3.05, 3.63) is 66.5 Å². The molecule has 0 spiro atoms. The molecular weight excluding hydrogens is 580 g/mol. The van der Waals surface area contributed by atoms with Gasteiger partial charge in [-0.15, -0.1) is 8.67 Å². The number of anilines is 4. The zero-order chi connectivity index (χ0) is 28.0. The van der Waals surface area contributed by atoms with Crippen LogP contribution in [0.25, 0.3) is 10.8 Å². The van der Waals surface area contributed by atoms with Gasteiger partial charge in [-0.1, -0.05) is 16.1 Å². The fourth-order valence-electron chi connectivity index (χ4n) is 3.35. The van der Waals surface area contributed by atoms with Crippen molar-refractivity contribution < 1.29 is 52.1 Å². The van der Waals surface area contributed by atoms with E-state index < -0.39 is 26.5 Å². The molecule has 0 atom stereocenters. The number of hydrogen-bond acceptors (Lipinski definition) is 15. The van der Waals surface area contributed by atoms with Crippen LogP contribution >= 0.6 is 24.1 Å². The highest BCUT2D eigenvalue weighted by Crippen LogP contribution is 2.35. The van der Waals surface area contributed by atoms with Crippen LogP contribution in [0, 0.1) is 0 Å². The van der Waals surface area contributed by atoms with Crippen LogP contribution in [0.3, 0.4) is 0 Å². The van der Waals surface area contributed by atoms with Gasteiger partial charge in [0.2, 0.25) is 0 Å². The van der Waals surface area contributed by atoms with Gasteiger partial charge in [-0.25, -0.2) is 25.3 Å². The van der Waals surface area contributed by atoms with E-state index in [1.807, 2.05) is 0 Å². The third-order valence-corrected chi connectivity index (χ3v) is 6.99. The monoisotopic (exact) mass is 596 g/mol. The molecule has 0 radical (unpaired) electrons. The standard InChI is InChI=1S/C21H16N4O11S3/c26-21(27)16-4-2-13(7-18(16)39(30,31)32)25-20-10-22-19(9-23-20)24-12-1-3-15-11(5-12)6-14(37-35-33-28)8-17(15)38-36-34-29/h1-10,28-29H,(H,22,24)(H,23,25)(H,26,27)(H,30,31,32).